The first-order valence-electron chi connectivity index (χ1n) is 10.5. The highest BCUT2D eigenvalue weighted by atomic mass is 16.5. The molecule has 1 aromatic heterocycles. The average Bonchev–Trinajstić information content (AvgIpc) is 2.97. The van der Waals surface area contributed by atoms with E-state index in [-0.39, 0.29) is 5.91 Å². The molecule has 0 spiro atoms. The van der Waals surface area contributed by atoms with E-state index in [9.17, 15) is 4.79 Å². The Kier molecular flexibility index (Phi) is 6.10. The van der Waals surface area contributed by atoms with Gasteiger partial charge in [0.25, 0.3) is 5.91 Å². The summed E-state index contributed by atoms with van der Waals surface area (Å²) in [5.41, 5.74) is 1.72. The van der Waals surface area contributed by atoms with Crippen LogP contribution in [0.25, 0.3) is 10.9 Å². The van der Waals surface area contributed by atoms with Gasteiger partial charge in [-0.1, -0.05) is 43.9 Å². The van der Waals surface area contributed by atoms with Crippen molar-refractivity contribution in [2.45, 2.75) is 44.6 Å². The van der Waals surface area contributed by atoms with Gasteiger partial charge in [-0.05, 0) is 25.0 Å². The normalized spacial score (nSPS) is 20.1. The Morgan fingerprint density at radius 2 is 1.78 bits per heavy atom. The molecule has 5 nitrogen and oxygen atoms in total. The zero-order chi connectivity index (χ0) is 18.5. The third-order valence-corrected chi connectivity index (χ3v) is 5.98. The molecular weight excluding hydrogens is 338 g/mol. The number of ether oxygens (including phenoxy) is 1. The van der Waals surface area contributed by atoms with Crippen LogP contribution >= 0.6 is 0 Å². The zero-order valence-electron chi connectivity index (χ0n) is 16.2. The van der Waals surface area contributed by atoms with Crippen molar-refractivity contribution in [3.8, 4) is 0 Å². The molecule has 2 fully saturated rings. The number of aromatic amines is 1. The first kappa shape index (κ1) is 18.5. The summed E-state index contributed by atoms with van der Waals surface area (Å²) in [5, 5.41) is 1.09. The van der Waals surface area contributed by atoms with Gasteiger partial charge in [0.1, 0.15) is 5.69 Å². The number of hydrogen-bond acceptors (Lipinski definition) is 3. The molecule has 146 valence electrons. The first-order valence-corrected chi connectivity index (χ1v) is 10.5. The molecule has 4 rings (SSSR count). The van der Waals surface area contributed by atoms with E-state index in [1.165, 1.54) is 38.5 Å². The fraction of sp³-hybridized carbons (Fsp3) is 0.591. The number of rotatable bonds is 5. The van der Waals surface area contributed by atoms with Gasteiger partial charge in [-0.2, -0.15) is 0 Å². The third kappa shape index (κ3) is 4.71. The lowest BCUT2D eigenvalue weighted by Gasteiger charge is -2.34. The van der Waals surface area contributed by atoms with E-state index in [1.807, 2.05) is 35.2 Å². The smallest absolute Gasteiger partial charge is 0.270 e. The molecule has 2 heterocycles. The van der Waals surface area contributed by atoms with Crippen LogP contribution in [0.2, 0.25) is 0 Å². The van der Waals surface area contributed by atoms with E-state index >= 15 is 0 Å². The Morgan fingerprint density at radius 1 is 1.04 bits per heavy atom. The van der Waals surface area contributed by atoms with Crippen molar-refractivity contribution in [3.63, 3.8) is 0 Å². The number of aromatic nitrogens is 1. The van der Waals surface area contributed by atoms with Crippen LogP contribution in [0.1, 0.15) is 49.0 Å². The summed E-state index contributed by atoms with van der Waals surface area (Å²) in [6.45, 7) is 5.24. The molecule has 1 aliphatic carbocycles. The van der Waals surface area contributed by atoms with Gasteiger partial charge in [-0.15, -0.1) is 0 Å². The minimum absolute atomic E-state index is 0.112. The highest BCUT2D eigenvalue weighted by molar-refractivity contribution is 5.98. The van der Waals surface area contributed by atoms with E-state index in [2.05, 4.69) is 9.88 Å². The number of nitrogens with one attached hydrogen (secondary N) is 1. The predicted octanol–water partition coefficient (Wildman–Crippen LogP) is 3.67. The third-order valence-electron chi connectivity index (χ3n) is 5.98. The lowest BCUT2D eigenvalue weighted by Crippen LogP contribution is -2.49. The van der Waals surface area contributed by atoms with Crippen molar-refractivity contribution in [2.75, 3.05) is 39.3 Å². The Labute approximate surface area is 161 Å². The van der Waals surface area contributed by atoms with E-state index < -0.39 is 0 Å². The summed E-state index contributed by atoms with van der Waals surface area (Å²) < 4.78 is 6.12. The lowest BCUT2D eigenvalue weighted by molar-refractivity contribution is 0.0200. The van der Waals surface area contributed by atoms with Crippen molar-refractivity contribution in [1.82, 2.24) is 14.8 Å². The second-order valence-corrected chi connectivity index (χ2v) is 7.89. The Balaban J connectivity index is 1.22. The summed E-state index contributed by atoms with van der Waals surface area (Å²) in [7, 11) is 0. The Hall–Kier alpha value is -1.85. The Bertz CT molecular complexity index is 708. The number of para-hydroxylation sites is 1. The second-order valence-electron chi connectivity index (χ2n) is 7.89. The molecule has 0 atom stereocenters. The summed E-state index contributed by atoms with van der Waals surface area (Å²) in [5.74, 6) is 0.112. The summed E-state index contributed by atoms with van der Waals surface area (Å²) >= 11 is 0. The average molecular weight is 370 g/mol. The fourth-order valence-corrected chi connectivity index (χ4v) is 4.29. The van der Waals surface area contributed by atoms with Gasteiger partial charge >= 0.3 is 0 Å². The van der Waals surface area contributed by atoms with Crippen molar-refractivity contribution in [3.05, 3.63) is 36.0 Å². The summed E-state index contributed by atoms with van der Waals surface area (Å²) in [6.07, 6.45) is 8.30. The monoisotopic (exact) mass is 369 g/mol. The second kappa shape index (κ2) is 8.89. The van der Waals surface area contributed by atoms with Crippen LogP contribution in [0.3, 0.4) is 0 Å². The largest absolute Gasteiger partial charge is 0.377 e. The van der Waals surface area contributed by atoms with Crippen LogP contribution in [0.4, 0.5) is 0 Å². The Morgan fingerprint density at radius 3 is 2.52 bits per heavy atom. The number of hydrogen-bond donors (Lipinski definition) is 1. The van der Waals surface area contributed by atoms with Gasteiger partial charge < -0.3 is 14.6 Å². The van der Waals surface area contributed by atoms with Gasteiger partial charge in [0.15, 0.2) is 0 Å². The van der Waals surface area contributed by atoms with Gasteiger partial charge in [0.05, 0.1) is 12.7 Å². The van der Waals surface area contributed by atoms with E-state index in [0.29, 0.717) is 11.8 Å². The molecular formula is C22H31N3O2. The van der Waals surface area contributed by atoms with Crippen molar-refractivity contribution < 1.29 is 9.53 Å². The number of piperazine rings is 1. The van der Waals surface area contributed by atoms with Gasteiger partial charge in [-0.3, -0.25) is 9.69 Å². The molecule has 2 aromatic rings. The maximum absolute atomic E-state index is 12.8. The van der Waals surface area contributed by atoms with E-state index in [1.54, 1.807) is 0 Å². The standard InChI is InChI=1S/C22H31N3O2/c26-22(21-17-18-7-5-6-10-20(18)23-21)25-13-11-24(12-14-25)15-16-27-19-8-3-1-2-4-9-19/h5-7,10,17,19,23H,1-4,8-9,11-16H2. The van der Waals surface area contributed by atoms with Crippen LogP contribution in [-0.4, -0.2) is 66.1 Å². The number of carbonyl (C=O) groups is 1. The number of H-pyrrole nitrogens is 1. The fourth-order valence-electron chi connectivity index (χ4n) is 4.29. The molecule has 1 aliphatic heterocycles. The van der Waals surface area contributed by atoms with Crippen LogP contribution in [0, 0.1) is 0 Å². The topological polar surface area (TPSA) is 48.6 Å². The van der Waals surface area contributed by atoms with Crippen LogP contribution in [0.15, 0.2) is 30.3 Å². The van der Waals surface area contributed by atoms with Crippen LogP contribution in [0.5, 0.6) is 0 Å². The number of nitrogens with zero attached hydrogens (tertiary/aromatic N) is 2. The minimum Gasteiger partial charge on any atom is -0.377 e. The molecule has 1 aromatic carbocycles. The SMILES string of the molecule is O=C(c1cc2ccccc2[nH]1)N1CCN(CCOC2CCCCCC2)CC1. The highest BCUT2D eigenvalue weighted by Crippen LogP contribution is 2.20. The van der Waals surface area contributed by atoms with Crippen LogP contribution in [-0.2, 0) is 4.74 Å². The number of amides is 1. The molecule has 0 unspecified atom stereocenters. The molecule has 0 bridgehead atoms. The maximum atomic E-state index is 12.8. The molecule has 1 N–H and O–H groups in total. The number of carbonyl (C=O) groups excluding carboxylic acids is 1. The van der Waals surface area contributed by atoms with E-state index in [0.717, 1.165) is 50.2 Å². The predicted molar refractivity (Wildman–Crippen MR) is 108 cm³/mol. The zero-order valence-corrected chi connectivity index (χ0v) is 16.2. The molecule has 1 saturated heterocycles. The molecule has 1 saturated carbocycles. The maximum Gasteiger partial charge on any atom is 0.270 e. The summed E-state index contributed by atoms with van der Waals surface area (Å²) in [4.78, 5) is 20.4. The quantitative estimate of drug-likeness (QED) is 0.818. The van der Waals surface area contributed by atoms with Crippen molar-refractivity contribution in [2.24, 2.45) is 0 Å². The minimum atomic E-state index is 0.112. The highest BCUT2D eigenvalue weighted by Gasteiger charge is 2.23. The number of benzene rings is 1. The number of fused-ring (bicyclic) bond motifs is 1. The van der Waals surface area contributed by atoms with Crippen molar-refractivity contribution in [1.29, 1.82) is 0 Å². The molecule has 27 heavy (non-hydrogen) atoms. The molecule has 2 aliphatic rings. The molecule has 5 heteroatoms. The van der Waals surface area contributed by atoms with Crippen molar-refractivity contribution >= 4 is 16.8 Å². The van der Waals surface area contributed by atoms with Gasteiger partial charge in [-0.25, -0.2) is 0 Å². The van der Waals surface area contributed by atoms with E-state index in [4.69, 9.17) is 4.74 Å². The molecule has 1 amide bonds. The molecule has 0 radical (unpaired) electrons. The van der Waals surface area contributed by atoms with Gasteiger partial charge in [0, 0.05) is 43.6 Å². The van der Waals surface area contributed by atoms with Crippen LogP contribution < -0.4 is 0 Å². The lowest BCUT2D eigenvalue weighted by atomic mass is 10.1. The first-order chi connectivity index (χ1) is 13.3. The van der Waals surface area contributed by atoms with Gasteiger partial charge in [0.2, 0.25) is 0 Å². The summed E-state index contributed by atoms with van der Waals surface area (Å²) in [6, 6.07) is 10.0.